The van der Waals surface area contributed by atoms with Gasteiger partial charge in [-0.15, -0.1) is 0 Å². The molecule has 1 saturated carbocycles. The zero-order chi connectivity index (χ0) is 27.0. The van der Waals surface area contributed by atoms with Crippen molar-refractivity contribution in [3.8, 4) is 0 Å². The zero-order valence-corrected chi connectivity index (χ0v) is 21.5. The molecule has 13 heteroatoms. The van der Waals surface area contributed by atoms with Crippen LogP contribution in [0.15, 0.2) is 11.5 Å². The molecule has 3 rings (SSSR count). The maximum absolute atomic E-state index is 11.2. The number of nitrogens with two attached hydrogens (primary N) is 4. The second kappa shape index (κ2) is 11.3. The summed E-state index contributed by atoms with van der Waals surface area (Å²) in [6, 6.07) is -2.61. The van der Waals surface area contributed by atoms with Gasteiger partial charge in [-0.05, 0) is 53.0 Å². The fraction of sp³-hybridized carbons (Fsp3) is 0.913. The van der Waals surface area contributed by atoms with E-state index in [0.717, 1.165) is 6.42 Å². The first-order chi connectivity index (χ1) is 16.7. The molecule has 13 nitrogen and oxygen atoms in total. The molecule has 0 aromatic heterocycles. The van der Waals surface area contributed by atoms with E-state index in [4.69, 9.17) is 41.9 Å². The Labute approximate surface area is 212 Å². The maximum Gasteiger partial charge on any atom is 0.220 e. The summed E-state index contributed by atoms with van der Waals surface area (Å²) >= 11 is 0. The average Bonchev–Trinajstić information content (AvgIpc) is 2.79. The Balaban J connectivity index is 1.72. The number of aliphatic hydroxyl groups excluding tert-OH is 4. The van der Waals surface area contributed by atoms with Gasteiger partial charge in [-0.25, -0.2) is 0 Å². The van der Waals surface area contributed by atoms with Crippen LogP contribution in [0.1, 0.15) is 52.9 Å². The number of nitrogens with one attached hydrogen (secondary N) is 1. The Kier molecular flexibility index (Phi) is 9.27. The predicted octanol–water partition coefficient (Wildman–Crippen LogP) is -1.49. The van der Waals surface area contributed by atoms with Crippen LogP contribution in [0.5, 0.6) is 0 Å². The Morgan fingerprint density at radius 3 is 2.39 bits per heavy atom. The fourth-order valence-corrected chi connectivity index (χ4v) is 5.37. The van der Waals surface area contributed by atoms with Gasteiger partial charge in [-0.1, -0.05) is 6.92 Å². The largest absolute Gasteiger partial charge is 0.507 e. The lowest BCUT2D eigenvalue weighted by molar-refractivity contribution is -0.372. The van der Waals surface area contributed by atoms with E-state index in [1.54, 1.807) is 20.9 Å². The second-order valence-corrected chi connectivity index (χ2v) is 10.9. The topological polar surface area (TPSA) is 234 Å². The van der Waals surface area contributed by atoms with Gasteiger partial charge in [-0.2, -0.15) is 0 Å². The van der Waals surface area contributed by atoms with E-state index in [1.165, 1.54) is 0 Å². The van der Waals surface area contributed by atoms with Crippen LogP contribution in [0.2, 0.25) is 0 Å². The van der Waals surface area contributed by atoms with Gasteiger partial charge in [0.15, 0.2) is 24.1 Å². The van der Waals surface area contributed by atoms with Crippen LogP contribution in [0.25, 0.3) is 0 Å². The highest BCUT2D eigenvalue weighted by molar-refractivity contribution is 5.09. The number of hydrogen-bond donors (Lipinski definition) is 9. The summed E-state index contributed by atoms with van der Waals surface area (Å²) in [5, 5.41) is 44.7. The molecule has 0 aromatic rings. The van der Waals surface area contributed by atoms with E-state index in [1.807, 2.05) is 6.92 Å². The van der Waals surface area contributed by atoms with E-state index in [9.17, 15) is 20.4 Å². The van der Waals surface area contributed by atoms with Gasteiger partial charge in [0.1, 0.15) is 12.2 Å². The van der Waals surface area contributed by atoms with Crippen molar-refractivity contribution in [2.75, 3.05) is 7.05 Å². The zero-order valence-electron chi connectivity index (χ0n) is 21.5. The van der Waals surface area contributed by atoms with Crippen molar-refractivity contribution in [3.63, 3.8) is 0 Å². The van der Waals surface area contributed by atoms with Crippen LogP contribution < -0.4 is 28.3 Å². The molecule has 0 amide bonds. The minimum absolute atomic E-state index is 0.246. The predicted molar refractivity (Wildman–Crippen MR) is 130 cm³/mol. The highest BCUT2D eigenvalue weighted by Gasteiger charge is 2.58. The van der Waals surface area contributed by atoms with Crippen molar-refractivity contribution in [1.82, 2.24) is 5.32 Å². The minimum atomic E-state index is -1.94. The van der Waals surface area contributed by atoms with E-state index in [2.05, 4.69) is 5.32 Å². The lowest BCUT2D eigenvalue weighted by atomic mass is 9.79. The molecule has 0 aromatic carbocycles. The molecular weight excluding hydrogens is 474 g/mol. The third kappa shape index (κ3) is 6.13. The Morgan fingerprint density at radius 1 is 1.14 bits per heavy atom. The highest BCUT2D eigenvalue weighted by Crippen LogP contribution is 2.41. The molecule has 2 saturated heterocycles. The summed E-state index contributed by atoms with van der Waals surface area (Å²) < 4.78 is 24.0. The van der Waals surface area contributed by atoms with Crippen molar-refractivity contribution in [2.24, 2.45) is 22.9 Å². The molecule has 0 bridgehead atoms. The van der Waals surface area contributed by atoms with Gasteiger partial charge >= 0.3 is 0 Å². The van der Waals surface area contributed by atoms with Gasteiger partial charge < -0.3 is 67.6 Å². The molecule has 2 aliphatic heterocycles. The van der Waals surface area contributed by atoms with Gasteiger partial charge in [0.25, 0.3) is 0 Å². The standard InChI is InChI=1S/C23H45N5O8/c1-5-10(24)15(29)17(31)19(32)35-21-14(28-4)16(30)18-23(3,36-21)9-12(26)20(34-18)33-13-6-7-22(2,27)8-11(13)25/h10-14,16,18-21,28-32H,5-9,24-27H2,1-4H3/b17-15-/t10-,11?,12?,13+,14?,16?,18?,19-,20+,21?,22?,23-/m1/s1. The molecular formula is C23H45N5O8. The third-order valence-corrected chi connectivity index (χ3v) is 7.60. The molecule has 3 fully saturated rings. The van der Waals surface area contributed by atoms with Crippen LogP contribution in [-0.4, -0.2) is 100.0 Å². The molecule has 3 aliphatic rings. The second-order valence-electron chi connectivity index (χ2n) is 10.9. The van der Waals surface area contributed by atoms with Crippen LogP contribution in [0.3, 0.4) is 0 Å². The summed E-state index contributed by atoms with van der Waals surface area (Å²) in [6.45, 7) is 5.40. The summed E-state index contributed by atoms with van der Waals surface area (Å²) in [4.78, 5) is 0. The number of fused-ring (bicyclic) bond motifs is 1. The van der Waals surface area contributed by atoms with E-state index in [0.29, 0.717) is 19.3 Å². The SMILES string of the molecule is CC[C@@H](N)/C(O)=C(/O)[C@H](O)OC1O[C@]2(C)CC(N)[C@@H](O[C@H]3CCC(C)(N)CC3N)OC2C(O)C1NC. The van der Waals surface area contributed by atoms with Crippen molar-refractivity contribution in [1.29, 1.82) is 0 Å². The molecule has 0 spiro atoms. The average molecular weight is 520 g/mol. The van der Waals surface area contributed by atoms with Gasteiger partial charge in [0.05, 0.1) is 29.8 Å². The first-order valence-corrected chi connectivity index (χ1v) is 12.6. The fourth-order valence-electron chi connectivity index (χ4n) is 5.37. The Morgan fingerprint density at radius 2 is 1.81 bits per heavy atom. The Hall–Kier alpha value is -1.10. The van der Waals surface area contributed by atoms with E-state index >= 15 is 0 Å². The number of hydrogen-bond acceptors (Lipinski definition) is 13. The number of aliphatic hydroxyl groups is 4. The first-order valence-electron chi connectivity index (χ1n) is 12.6. The van der Waals surface area contributed by atoms with E-state index in [-0.39, 0.29) is 24.1 Å². The molecule has 12 atom stereocenters. The van der Waals surface area contributed by atoms with E-state index < -0.39 is 66.3 Å². The quantitative estimate of drug-likeness (QED) is 0.131. The third-order valence-electron chi connectivity index (χ3n) is 7.60. The monoisotopic (exact) mass is 519 g/mol. The molecule has 210 valence electrons. The summed E-state index contributed by atoms with van der Waals surface area (Å²) in [7, 11) is 1.58. The van der Waals surface area contributed by atoms with Crippen LogP contribution >= 0.6 is 0 Å². The summed E-state index contributed by atoms with van der Waals surface area (Å²) in [5.41, 5.74) is 23.2. The normalized spacial score (nSPS) is 45.9. The minimum Gasteiger partial charge on any atom is -0.507 e. The Bertz CT molecular complexity index is 788. The molecule has 0 radical (unpaired) electrons. The highest BCUT2D eigenvalue weighted by atomic mass is 16.8. The van der Waals surface area contributed by atoms with Crippen molar-refractivity contribution in [3.05, 3.63) is 11.5 Å². The molecule has 2 heterocycles. The summed E-state index contributed by atoms with van der Waals surface area (Å²) in [6.07, 6.45) is -3.67. The lowest BCUT2D eigenvalue weighted by Gasteiger charge is -2.55. The van der Waals surface area contributed by atoms with Crippen molar-refractivity contribution < 1.29 is 39.4 Å². The molecule has 13 N–H and O–H groups in total. The molecule has 36 heavy (non-hydrogen) atoms. The van der Waals surface area contributed by atoms with Crippen molar-refractivity contribution >= 4 is 0 Å². The first kappa shape index (κ1) is 29.5. The number of rotatable bonds is 8. The molecule has 1 aliphatic carbocycles. The van der Waals surface area contributed by atoms with Crippen molar-refractivity contribution in [2.45, 2.75) is 125 Å². The molecule has 7 unspecified atom stereocenters. The van der Waals surface area contributed by atoms with Crippen LogP contribution in [0.4, 0.5) is 0 Å². The number of likely N-dealkylation sites (N-methyl/N-ethyl adjacent to an activating group) is 1. The van der Waals surface area contributed by atoms with Gasteiger partial charge in [-0.3, -0.25) is 0 Å². The lowest BCUT2D eigenvalue weighted by Crippen LogP contribution is -2.72. The van der Waals surface area contributed by atoms with Crippen LogP contribution in [0, 0.1) is 0 Å². The van der Waals surface area contributed by atoms with Gasteiger partial charge in [0.2, 0.25) is 6.29 Å². The summed E-state index contributed by atoms with van der Waals surface area (Å²) in [5.74, 6) is -1.42. The van der Waals surface area contributed by atoms with Crippen LogP contribution in [-0.2, 0) is 18.9 Å². The smallest absolute Gasteiger partial charge is 0.220 e. The number of ether oxygens (including phenoxy) is 4. The maximum atomic E-state index is 11.2. The van der Waals surface area contributed by atoms with Gasteiger partial charge in [0, 0.05) is 11.6 Å².